The Hall–Kier alpha value is -2.14. The molecule has 0 aliphatic carbocycles. The summed E-state index contributed by atoms with van der Waals surface area (Å²) in [6.07, 6.45) is 5.01. The maximum atomic E-state index is 11.4. The van der Waals surface area contributed by atoms with Gasteiger partial charge in [-0.2, -0.15) is 0 Å². The summed E-state index contributed by atoms with van der Waals surface area (Å²) in [7, 11) is 1.33. The molecule has 5 heteroatoms. The van der Waals surface area contributed by atoms with Gasteiger partial charge in [-0.15, -0.1) is 0 Å². The van der Waals surface area contributed by atoms with Gasteiger partial charge in [-0.1, -0.05) is 6.07 Å². The second kappa shape index (κ2) is 5.97. The number of nitrogens with zero attached hydrogens (tertiary/aromatic N) is 1. The highest BCUT2D eigenvalue weighted by Gasteiger charge is 2.14. The molecule has 0 amide bonds. The predicted molar refractivity (Wildman–Crippen MR) is 64.8 cm³/mol. The standard InChI is InChI=1S/C13H14N2O3/c1-17-13(16)12-11(4-6-18-12)9-15-8-10-3-2-5-14-7-10/h2-7,15H,8-9H2,1H3. The minimum absolute atomic E-state index is 0.246. The van der Waals surface area contributed by atoms with E-state index in [-0.39, 0.29) is 5.76 Å². The predicted octanol–water partition coefficient (Wildman–Crippen LogP) is 1.75. The third-order valence-corrected chi connectivity index (χ3v) is 2.48. The zero-order valence-electron chi connectivity index (χ0n) is 10.1. The third kappa shape index (κ3) is 2.95. The van der Waals surface area contributed by atoms with Crippen molar-refractivity contribution in [3.63, 3.8) is 0 Å². The average Bonchev–Trinajstić information content (AvgIpc) is 2.87. The van der Waals surface area contributed by atoms with Crippen LogP contribution in [-0.2, 0) is 17.8 Å². The van der Waals surface area contributed by atoms with Gasteiger partial charge in [0.2, 0.25) is 5.76 Å². The summed E-state index contributed by atoms with van der Waals surface area (Å²) in [5.41, 5.74) is 1.87. The van der Waals surface area contributed by atoms with E-state index in [1.807, 2.05) is 12.1 Å². The lowest BCUT2D eigenvalue weighted by molar-refractivity contribution is 0.0563. The van der Waals surface area contributed by atoms with Crippen LogP contribution in [0.1, 0.15) is 21.7 Å². The molecule has 2 heterocycles. The third-order valence-electron chi connectivity index (χ3n) is 2.48. The fourth-order valence-corrected chi connectivity index (χ4v) is 1.59. The molecular weight excluding hydrogens is 232 g/mol. The molecule has 0 fully saturated rings. The van der Waals surface area contributed by atoms with Gasteiger partial charge in [-0.05, 0) is 17.7 Å². The monoisotopic (exact) mass is 246 g/mol. The van der Waals surface area contributed by atoms with Gasteiger partial charge >= 0.3 is 5.97 Å². The largest absolute Gasteiger partial charge is 0.463 e. The van der Waals surface area contributed by atoms with Crippen LogP contribution in [0.15, 0.2) is 41.3 Å². The molecule has 0 aromatic carbocycles. The van der Waals surface area contributed by atoms with E-state index >= 15 is 0 Å². The molecule has 2 aromatic heterocycles. The lowest BCUT2D eigenvalue weighted by Gasteiger charge is -2.04. The van der Waals surface area contributed by atoms with Crippen LogP contribution >= 0.6 is 0 Å². The Kier molecular flexibility index (Phi) is 4.09. The highest BCUT2D eigenvalue weighted by molar-refractivity contribution is 5.87. The second-order valence-corrected chi connectivity index (χ2v) is 3.73. The van der Waals surface area contributed by atoms with Gasteiger partial charge in [0, 0.05) is 31.0 Å². The number of hydrogen-bond acceptors (Lipinski definition) is 5. The number of esters is 1. The minimum atomic E-state index is -0.460. The van der Waals surface area contributed by atoms with Crippen LogP contribution < -0.4 is 5.32 Å². The van der Waals surface area contributed by atoms with Gasteiger partial charge in [-0.3, -0.25) is 4.98 Å². The van der Waals surface area contributed by atoms with Crippen LogP contribution in [0, 0.1) is 0 Å². The molecule has 0 radical (unpaired) electrons. The number of hydrogen-bond donors (Lipinski definition) is 1. The summed E-state index contributed by atoms with van der Waals surface area (Å²) in [4.78, 5) is 15.4. The molecule has 5 nitrogen and oxygen atoms in total. The van der Waals surface area contributed by atoms with E-state index in [1.54, 1.807) is 18.5 Å². The number of carbonyl (C=O) groups is 1. The van der Waals surface area contributed by atoms with Crippen LogP contribution in [0.5, 0.6) is 0 Å². The molecule has 94 valence electrons. The molecule has 0 atom stereocenters. The molecule has 2 aromatic rings. The van der Waals surface area contributed by atoms with Gasteiger partial charge in [0.25, 0.3) is 0 Å². The van der Waals surface area contributed by atoms with Crippen LogP contribution in [0.2, 0.25) is 0 Å². The number of carbonyl (C=O) groups excluding carboxylic acids is 1. The average molecular weight is 246 g/mol. The van der Waals surface area contributed by atoms with Crippen LogP contribution in [0.4, 0.5) is 0 Å². The Balaban J connectivity index is 1.91. The van der Waals surface area contributed by atoms with Crippen molar-refractivity contribution in [1.29, 1.82) is 0 Å². The van der Waals surface area contributed by atoms with E-state index < -0.39 is 5.97 Å². The normalized spacial score (nSPS) is 10.3. The topological polar surface area (TPSA) is 64.4 Å². The van der Waals surface area contributed by atoms with Crippen molar-refractivity contribution in [2.75, 3.05) is 7.11 Å². The van der Waals surface area contributed by atoms with Gasteiger partial charge < -0.3 is 14.5 Å². The molecule has 0 aliphatic heterocycles. The van der Waals surface area contributed by atoms with Crippen LogP contribution in [0.3, 0.4) is 0 Å². The van der Waals surface area contributed by atoms with Crippen molar-refractivity contribution < 1.29 is 13.9 Å². The Bertz CT molecular complexity index is 508. The summed E-state index contributed by atoms with van der Waals surface area (Å²) in [6, 6.07) is 5.62. The highest BCUT2D eigenvalue weighted by atomic mass is 16.5. The van der Waals surface area contributed by atoms with E-state index in [1.165, 1.54) is 13.4 Å². The van der Waals surface area contributed by atoms with Gasteiger partial charge in [0.1, 0.15) is 0 Å². The first-order valence-corrected chi connectivity index (χ1v) is 5.55. The molecule has 0 aliphatic rings. The van der Waals surface area contributed by atoms with Crippen molar-refractivity contribution in [2.24, 2.45) is 0 Å². The molecular formula is C13H14N2O3. The molecule has 1 N–H and O–H groups in total. The highest BCUT2D eigenvalue weighted by Crippen LogP contribution is 2.11. The maximum absolute atomic E-state index is 11.4. The number of furan rings is 1. The fraction of sp³-hybridized carbons (Fsp3) is 0.231. The first-order valence-electron chi connectivity index (χ1n) is 5.55. The van der Waals surface area contributed by atoms with Crippen molar-refractivity contribution in [3.8, 4) is 0 Å². The molecule has 0 bridgehead atoms. The molecule has 0 spiro atoms. The Morgan fingerprint density at radius 2 is 2.33 bits per heavy atom. The number of ether oxygens (including phenoxy) is 1. The quantitative estimate of drug-likeness (QED) is 0.814. The van der Waals surface area contributed by atoms with Crippen LogP contribution in [0.25, 0.3) is 0 Å². The molecule has 0 saturated carbocycles. The van der Waals surface area contributed by atoms with Crippen LogP contribution in [-0.4, -0.2) is 18.1 Å². The van der Waals surface area contributed by atoms with Crippen molar-refractivity contribution in [2.45, 2.75) is 13.1 Å². The smallest absolute Gasteiger partial charge is 0.374 e. The van der Waals surface area contributed by atoms with Gasteiger partial charge in [0.05, 0.1) is 13.4 Å². The number of methoxy groups -OCH3 is 1. The number of aromatic nitrogens is 1. The zero-order chi connectivity index (χ0) is 12.8. The van der Waals surface area contributed by atoms with Crippen molar-refractivity contribution in [3.05, 3.63) is 53.7 Å². The molecule has 0 saturated heterocycles. The summed E-state index contributed by atoms with van der Waals surface area (Å²) >= 11 is 0. The fourth-order valence-electron chi connectivity index (χ4n) is 1.59. The molecule has 2 rings (SSSR count). The number of pyridine rings is 1. The van der Waals surface area contributed by atoms with Gasteiger partial charge in [0.15, 0.2) is 0 Å². The number of rotatable bonds is 5. The number of nitrogens with one attached hydrogen (secondary N) is 1. The first kappa shape index (κ1) is 12.3. The van der Waals surface area contributed by atoms with Crippen molar-refractivity contribution in [1.82, 2.24) is 10.3 Å². The van der Waals surface area contributed by atoms with E-state index in [9.17, 15) is 4.79 Å². The Morgan fingerprint density at radius 3 is 3.06 bits per heavy atom. The summed E-state index contributed by atoms with van der Waals surface area (Å²) < 4.78 is 9.72. The lowest BCUT2D eigenvalue weighted by atomic mass is 10.2. The van der Waals surface area contributed by atoms with E-state index in [4.69, 9.17) is 4.42 Å². The van der Waals surface area contributed by atoms with E-state index in [2.05, 4.69) is 15.0 Å². The zero-order valence-corrected chi connectivity index (χ0v) is 10.1. The first-order chi connectivity index (χ1) is 8.81. The Morgan fingerprint density at radius 1 is 1.44 bits per heavy atom. The van der Waals surface area contributed by atoms with E-state index in [0.29, 0.717) is 13.1 Å². The maximum Gasteiger partial charge on any atom is 0.374 e. The van der Waals surface area contributed by atoms with Crippen molar-refractivity contribution >= 4 is 5.97 Å². The second-order valence-electron chi connectivity index (χ2n) is 3.73. The summed E-state index contributed by atoms with van der Waals surface area (Å²) in [5, 5.41) is 3.22. The lowest BCUT2D eigenvalue weighted by Crippen LogP contribution is -2.14. The summed E-state index contributed by atoms with van der Waals surface area (Å²) in [6.45, 7) is 1.22. The summed E-state index contributed by atoms with van der Waals surface area (Å²) in [5.74, 6) is -0.214. The SMILES string of the molecule is COC(=O)c1occc1CNCc1cccnc1. The molecule has 0 unspecified atom stereocenters. The Labute approximate surface area is 105 Å². The van der Waals surface area contributed by atoms with E-state index in [0.717, 1.165) is 11.1 Å². The van der Waals surface area contributed by atoms with Gasteiger partial charge in [-0.25, -0.2) is 4.79 Å². The molecule has 18 heavy (non-hydrogen) atoms. The minimum Gasteiger partial charge on any atom is -0.463 e.